The molecule has 2 aromatic rings. The van der Waals surface area contributed by atoms with Crippen LogP contribution in [0, 0.1) is 0 Å². The van der Waals surface area contributed by atoms with Crippen molar-refractivity contribution in [2.24, 2.45) is 0 Å². The summed E-state index contributed by atoms with van der Waals surface area (Å²) in [5.41, 5.74) is 2.31. The molecule has 0 radical (unpaired) electrons. The summed E-state index contributed by atoms with van der Waals surface area (Å²) < 4.78 is 16.5. The molecule has 0 amide bonds. The maximum atomic E-state index is 5.77. The van der Waals surface area contributed by atoms with Crippen molar-refractivity contribution in [1.29, 1.82) is 0 Å². The first kappa shape index (κ1) is 14.8. The normalized spacial score (nSPS) is 15.5. The third-order valence-electron chi connectivity index (χ3n) is 3.46. The van der Waals surface area contributed by atoms with E-state index < -0.39 is 0 Å². The van der Waals surface area contributed by atoms with Crippen molar-refractivity contribution < 1.29 is 14.2 Å². The molecule has 1 fully saturated rings. The molecule has 0 bridgehead atoms. The quantitative estimate of drug-likeness (QED) is 0.805. The standard InChI is InChI=1S/C19H20O3/c1-2-5-17(6-3-1)15-22-18-11-9-16(10-12-18)7-4-8-19-20-13-14-21-19/h1-7,9-12,19H,8,13-15H2. The number of benzene rings is 2. The molecular formula is C19H20O3. The van der Waals surface area contributed by atoms with Crippen molar-refractivity contribution in [3.63, 3.8) is 0 Å². The summed E-state index contributed by atoms with van der Waals surface area (Å²) in [6, 6.07) is 18.2. The largest absolute Gasteiger partial charge is 0.489 e. The summed E-state index contributed by atoms with van der Waals surface area (Å²) in [4.78, 5) is 0. The van der Waals surface area contributed by atoms with Gasteiger partial charge in [0.25, 0.3) is 0 Å². The molecule has 0 N–H and O–H groups in total. The number of hydrogen-bond acceptors (Lipinski definition) is 3. The number of hydrogen-bond donors (Lipinski definition) is 0. The van der Waals surface area contributed by atoms with Gasteiger partial charge in [0.05, 0.1) is 13.2 Å². The van der Waals surface area contributed by atoms with E-state index in [1.807, 2.05) is 42.5 Å². The van der Waals surface area contributed by atoms with E-state index in [2.05, 4.69) is 24.3 Å². The van der Waals surface area contributed by atoms with E-state index >= 15 is 0 Å². The molecule has 0 unspecified atom stereocenters. The van der Waals surface area contributed by atoms with Crippen molar-refractivity contribution in [2.45, 2.75) is 19.3 Å². The minimum Gasteiger partial charge on any atom is -0.489 e. The second-order valence-corrected chi connectivity index (χ2v) is 5.15. The molecule has 22 heavy (non-hydrogen) atoms. The molecule has 3 rings (SSSR count). The SMILES string of the molecule is C(=Cc1ccc(OCc2ccccc2)cc1)CC1OCCO1. The van der Waals surface area contributed by atoms with Crippen LogP contribution >= 0.6 is 0 Å². The predicted octanol–water partition coefficient (Wildman–Crippen LogP) is 4.04. The first-order chi connectivity index (χ1) is 10.9. The summed E-state index contributed by atoms with van der Waals surface area (Å²) in [6.45, 7) is 1.99. The zero-order valence-corrected chi connectivity index (χ0v) is 12.5. The van der Waals surface area contributed by atoms with E-state index in [1.165, 1.54) is 5.56 Å². The van der Waals surface area contributed by atoms with Gasteiger partial charge in [-0.1, -0.05) is 54.6 Å². The maximum Gasteiger partial charge on any atom is 0.161 e. The highest BCUT2D eigenvalue weighted by Crippen LogP contribution is 2.16. The smallest absolute Gasteiger partial charge is 0.161 e. The van der Waals surface area contributed by atoms with Gasteiger partial charge in [0, 0.05) is 6.42 Å². The molecule has 0 atom stereocenters. The highest BCUT2D eigenvalue weighted by molar-refractivity contribution is 5.50. The minimum atomic E-state index is -0.0790. The van der Waals surface area contributed by atoms with Crippen LogP contribution in [0.15, 0.2) is 60.7 Å². The highest BCUT2D eigenvalue weighted by atomic mass is 16.7. The van der Waals surface area contributed by atoms with E-state index in [0.717, 1.165) is 17.7 Å². The van der Waals surface area contributed by atoms with Crippen molar-refractivity contribution in [2.75, 3.05) is 13.2 Å². The Bertz CT molecular complexity index is 584. The Kier molecular flexibility index (Phi) is 5.24. The zero-order chi connectivity index (χ0) is 15.0. The molecule has 3 heteroatoms. The van der Waals surface area contributed by atoms with Gasteiger partial charge in [-0.2, -0.15) is 0 Å². The van der Waals surface area contributed by atoms with Crippen LogP contribution in [0.5, 0.6) is 5.75 Å². The third kappa shape index (κ3) is 4.45. The summed E-state index contributed by atoms with van der Waals surface area (Å²) >= 11 is 0. The van der Waals surface area contributed by atoms with Gasteiger partial charge in [0.2, 0.25) is 0 Å². The van der Waals surface area contributed by atoms with Gasteiger partial charge in [0.15, 0.2) is 6.29 Å². The zero-order valence-electron chi connectivity index (χ0n) is 12.5. The maximum absolute atomic E-state index is 5.77. The van der Waals surface area contributed by atoms with Gasteiger partial charge in [-0.05, 0) is 23.3 Å². The van der Waals surface area contributed by atoms with Crippen LogP contribution in [0.3, 0.4) is 0 Å². The van der Waals surface area contributed by atoms with Gasteiger partial charge in [-0.25, -0.2) is 0 Å². The molecular weight excluding hydrogens is 276 g/mol. The molecule has 0 saturated carbocycles. The molecule has 114 valence electrons. The first-order valence-electron chi connectivity index (χ1n) is 7.57. The lowest BCUT2D eigenvalue weighted by atomic mass is 10.2. The summed E-state index contributed by atoms with van der Waals surface area (Å²) in [5.74, 6) is 0.878. The topological polar surface area (TPSA) is 27.7 Å². The van der Waals surface area contributed by atoms with Crippen molar-refractivity contribution in [3.8, 4) is 5.75 Å². The third-order valence-corrected chi connectivity index (χ3v) is 3.46. The van der Waals surface area contributed by atoms with E-state index in [0.29, 0.717) is 19.8 Å². The fourth-order valence-electron chi connectivity index (χ4n) is 2.27. The Labute approximate surface area is 131 Å². The van der Waals surface area contributed by atoms with Crippen molar-refractivity contribution in [1.82, 2.24) is 0 Å². The van der Waals surface area contributed by atoms with Crippen LogP contribution in [0.4, 0.5) is 0 Å². The minimum absolute atomic E-state index is 0.0790. The first-order valence-corrected chi connectivity index (χ1v) is 7.57. The molecule has 2 aromatic carbocycles. The molecule has 1 aliphatic rings. The molecule has 1 saturated heterocycles. The molecule has 3 nitrogen and oxygen atoms in total. The van der Waals surface area contributed by atoms with Crippen LogP contribution in [0.1, 0.15) is 17.5 Å². The van der Waals surface area contributed by atoms with E-state index in [-0.39, 0.29) is 6.29 Å². The molecule has 1 aliphatic heterocycles. The fraction of sp³-hybridized carbons (Fsp3) is 0.263. The Morgan fingerprint density at radius 1 is 0.955 bits per heavy atom. The van der Waals surface area contributed by atoms with E-state index in [4.69, 9.17) is 14.2 Å². The lowest BCUT2D eigenvalue weighted by Crippen LogP contribution is -2.04. The monoisotopic (exact) mass is 296 g/mol. The van der Waals surface area contributed by atoms with Gasteiger partial charge >= 0.3 is 0 Å². The van der Waals surface area contributed by atoms with E-state index in [1.54, 1.807) is 0 Å². The lowest BCUT2D eigenvalue weighted by molar-refractivity contribution is -0.0379. The van der Waals surface area contributed by atoms with Crippen molar-refractivity contribution in [3.05, 3.63) is 71.8 Å². The fourth-order valence-corrected chi connectivity index (χ4v) is 2.27. The van der Waals surface area contributed by atoms with Crippen molar-refractivity contribution >= 4 is 6.08 Å². The Balaban J connectivity index is 1.48. The van der Waals surface area contributed by atoms with Gasteiger partial charge in [-0.3, -0.25) is 0 Å². The second-order valence-electron chi connectivity index (χ2n) is 5.15. The molecule has 0 aliphatic carbocycles. The summed E-state index contributed by atoms with van der Waals surface area (Å²) in [5, 5.41) is 0. The highest BCUT2D eigenvalue weighted by Gasteiger charge is 2.13. The molecule has 0 spiro atoms. The predicted molar refractivity (Wildman–Crippen MR) is 86.6 cm³/mol. The Hall–Kier alpha value is -2.10. The van der Waals surface area contributed by atoms with Crippen LogP contribution in [0.25, 0.3) is 6.08 Å². The van der Waals surface area contributed by atoms with Crippen LogP contribution < -0.4 is 4.74 Å². The van der Waals surface area contributed by atoms with Gasteiger partial charge in [0.1, 0.15) is 12.4 Å². The Morgan fingerprint density at radius 2 is 1.68 bits per heavy atom. The van der Waals surface area contributed by atoms with Gasteiger partial charge in [-0.15, -0.1) is 0 Å². The number of ether oxygens (including phenoxy) is 3. The summed E-state index contributed by atoms with van der Waals surface area (Å²) in [7, 11) is 0. The average molecular weight is 296 g/mol. The average Bonchev–Trinajstić information content (AvgIpc) is 3.08. The van der Waals surface area contributed by atoms with E-state index in [9.17, 15) is 0 Å². The van der Waals surface area contributed by atoms with Crippen LogP contribution in [0.2, 0.25) is 0 Å². The Morgan fingerprint density at radius 3 is 2.41 bits per heavy atom. The van der Waals surface area contributed by atoms with Gasteiger partial charge < -0.3 is 14.2 Å². The summed E-state index contributed by atoms with van der Waals surface area (Å²) in [6.07, 6.45) is 4.86. The van der Waals surface area contributed by atoms with Crippen LogP contribution in [-0.4, -0.2) is 19.5 Å². The number of rotatable bonds is 6. The second kappa shape index (κ2) is 7.78. The lowest BCUT2D eigenvalue weighted by Gasteiger charge is -2.06. The molecule has 1 heterocycles. The molecule has 0 aromatic heterocycles. The van der Waals surface area contributed by atoms with Crippen LogP contribution in [-0.2, 0) is 16.1 Å².